The zero-order valence-corrected chi connectivity index (χ0v) is 49.1. The van der Waals surface area contributed by atoms with Crippen molar-refractivity contribution in [3.05, 3.63) is 153 Å². The molecule has 0 unspecified atom stereocenters. The van der Waals surface area contributed by atoms with E-state index in [-0.39, 0.29) is 22.6 Å². The number of ketones is 1. The van der Waals surface area contributed by atoms with Crippen molar-refractivity contribution in [1.82, 2.24) is 0 Å². The van der Waals surface area contributed by atoms with Gasteiger partial charge in [-0.3, -0.25) is 4.79 Å². The normalized spacial score (nSPS) is 13.2. The van der Waals surface area contributed by atoms with Crippen LogP contribution in [0.1, 0.15) is 175 Å². The number of Topliss-reactive ketones (excluding diaryl/α,β-unsaturated/α-hetero) is 1. The lowest BCUT2D eigenvalue weighted by Crippen LogP contribution is -2.75. The van der Waals surface area contributed by atoms with Crippen LogP contribution in [0.3, 0.4) is 0 Å². The van der Waals surface area contributed by atoms with Gasteiger partial charge in [0.25, 0.3) is 0 Å². The van der Waals surface area contributed by atoms with Gasteiger partial charge in [-0.2, -0.15) is 127 Å². The Morgan fingerprint density at radius 2 is 0.544 bits per heavy atom. The zero-order valence-electron chi connectivity index (χ0n) is 48.2. The fourth-order valence-electron chi connectivity index (χ4n) is 10.1. The van der Waals surface area contributed by atoms with E-state index in [0.717, 1.165) is 12.8 Å². The van der Waals surface area contributed by atoms with Gasteiger partial charge in [-0.05, 0) is 53.7 Å². The maximum absolute atomic E-state index is 14.2. The van der Waals surface area contributed by atoms with E-state index >= 15 is 0 Å². The Morgan fingerprint density at radius 3 is 0.756 bits per heavy atom. The number of alkyl halides is 24. The van der Waals surface area contributed by atoms with E-state index in [1.807, 2.05) is 0 Å². The van der Waals surface area contributed by atoms with E-state index in [4.69, 9.17) is 4.74 Å². The van der Waals surface area contributed by atoms with Crippen LogP contribution in [-0.2, 0) is 65.0 Å². The second-order valence-electron chi connectivity index (χ2n) is 21.8. The first-order valence-corrected chi connectivity index (χ1v) is 30.2. The predicted octanol–water partition coefficient (Wildman–Crippen LogP) is 19.4. The Kier molecular flexibility index (Phi) is 26.4. The molecule has 0 saturated carbocycles. The molecule has 5 rings (SSSR count). The van der Waals surface area contributed by atoms with Gasteiger partial charge in [0.05, 0.1) is 69.2 Å². The van der Waals surface area contributed by atoms with Crippen LogP contribution in [0.15, 0.2) is 97.1 Å². The molecule has 0 atom stereocenters. The molecular formula is C61H61BF24O3S. The van der Waals surface area contributed by atoms with E-state index in [0.29, 0.717) is 23.5 Å². The maximum atomic E-state index is 14.2. The Hall–Kier alpha value is -6.03. The number of hydrogen-bond acceptors (Lipinski definition) is 3. The Balaban J connectivity index is 0.000000446. The number of unbranched alkanes of at least 4 members (excludes halogenated alkanes) is 15. The van der Waals surface area contributed by atoms with Crippen LogP contribution in [-0.4, -0.2) is 42.8 Å². The molecule has 0 aromatic heterocycles. The summed E-state index contributed by atoms with van der Waals surface area (Å²) in [6.45, 7) is 2.76. The van der Waals surface area contributed by atoms with Gasteiger partial charge in [-0.25, -0.2) is 4.79 Å². The highest BCUT2D eigenvalue weighted by Gasteiger charge is 2.47. The van der Waals surface area contributed by atoms with Crippen LogP contribution in [0.25, 0.3) is 0 Å². The topological polar surface area (TPSA) is 43.4 Å². The van der Waals surface area contributed by atoms with Crippen molar-refractivity contribution in [1.29, 1.82) is 0 Å². The van der Waals surface area contributed by atoms with Crippen molar-refractivity contribution >= 4 is 50.6 Å². The minimum Gasteiger partial charge on any atom is -0.462 e. The van der Waals surface area contributed by atoms with Gasteiger partial charge in [0.15, 0.2) is 5.75 Å². The molecule has 0 aliphatic heterocycles. The van der Waals surface area contributed by atoms with Crippen LogP contribution < -0.4 is 21.9 Å². The number of carbonyl (C=O) groups excluding carboxylic acids is 2. The highest BCUT2D eigenvalue weighted by molar-refractivity contribution is 7.96. The fourth-order valence-corrected chi connectivity index (χ4v) is 10.8. The minimum atomic E-state index is -6.13. The number of esters is 1. The quantitative estimate of drug-likeness (QED) is 0.0146. The summed E-state index contributed by atoms with van der Waals surface area (Å²) in [6.07, 6.45) is -29.4. The van der Waals surface area contributed by atoms with Crippen LogP contribution in [0.5, 0.6) is 0 Å². The van der Waals surface area contributed by atoms with Crippen LogP contribution in [0, 0.1) is 0 Å². The van der Waals surface area contributed by atoms with Gasteiger partial charge in [0.1, 0.15) is 6.15 Å². The van der Waals surface area contributed by atoms with Gasteiger partial charge in [0.2, 0.25) is 5.78 Å². The Labute approximate surface area is 505 Å². The van der Waals surface area contributed by atoms with E-state index in [1.54, 1.807) is 24.3 Å². The SMILES string of the molecule is CCCCCCCCCCCCCCCCCCOC(=O)c1ccc(C(=O)C[S+](C)C)cc1.FC(F)(F)c1cc([B-](c2cc(C(F)(F)F)cc(C(F)(F)F)c2)(c2cc(C(F)(F)F)cc(C(F)(F)F)c2)c2cc(C(F)(F)F)cc(C(F)(F)F)c2)cc(C(F)(F)F)c1. The molecule has 0 N–H and O–H groups in total. The molecule has 0 radical (unpaired) electrons. The van der Waals surface area contributed by atoms with Crippen molar-refractivity contribution in [2.24, 2.45) is 0 Å². The summed E-state index contributed by atoms with van der Waals surface area (Å²) in [5.41, 5.74) is -29.0. The summed E-state index contributed by atoms with van der Waals surface area (Å²) >= 11 is 0. The highest BCUT2D eigenvalue weighted by Crippen LogP contribution is 2.42. The molecule has 29 heteroatoms. The molecule has 500 valence electrons. The second-order valence-corrected chi connectivity index (χ2v) is 24.1. The third-order valence-corrected chi connectivity index (χ3v) is 15.4. The monoisotopic (exact) mass is 1340 g/mol. The lowest BCUT2D eigenvalue weighted by Gasteiger charge is -2.46. The molecule has 0 aliphatic carbocycles. The first-order valence-electron chi connectivity index (χ1n) is 28.0. The van der Waals surface area contributed by atoms with Crippen molar-refractivity contribution in [2.75, 3.05) is 24.9 Å². The fraction of sp³-hybridized carbons (Fsp3) is 0.475. The Bertz CT molecular complexity index is 2700. The number of halogens is 24. The number of hydrogen-bond donors (Lipinski definition) is 0. The maximum Gasteiger partial charge on any atom is 0.416 e. The summed E-state index contributed by atoms with van der Waals surface area (Å²) in [7, 11) is 0.0849. The third-order valence-electron chi connectivity index (χ3n) is 14.5. The van der Waals surface area contributed by atoms with Crippen molar-refractivity contribution < 1.29 is 120 Å². The molecule has 0 spiro atoms. The molecule has 5 aromatic carbocycles. The lowest BCUT2D eigenvalue weighted by molar-refractivity contribution is -0.144. The van der Waals surface area contributed by atoms with Gasteiger partial charge in [-0.1, -0.05) is 164 Å². The summed E-state index contributed by atoms with van der Waals surface area (Å²) < 4.78 is 346. The summed E-state index contributed by atoms with van der Waals surface area (Å²) in [5, 5.41) is 0. The molecule has 5 aromatic rings. The molecule has 0 saturated heterocycles. The van der Waals surface area contributed by atoms with Crippen LogP contribution in [0.2, 0.25) is 0 Å². The minimum absolute atomic E-state index is 0.0849. The van der Waals surface area contributed by atoms with Crippen LogP contribution in [0.4, 0.5) is 105 Å². The highest BCUT2D eigenvalue weighted by atomic mass is 32.2. The molecule has 0 amide bonds. The van der Waals surface area contributed by atoms with Gasteiger partial charge < -0.3 is 4.74 Å². The molecule has 90 heavy (non-hydrogen) atoms. The van der Waals surface area contributed by atoms with Crippen LogP contribution >= 0.6 is 0 Å². The molecular weight excluding hydrogens is 1280 g/mol. The largest absolute Gasteiger partial charge is 0.462 e. The molecule has 0 fully saturated rings. The van der Waals surface area contributed by atoms with Gasteiger partial charge in [-0.15, -0.1) is 0 Å². The second kappa shape index (κ2) is 31.1. The van der Waals surface area contributed by atoms with E-state index in [2.05, 4.69) is 19.4 Å². The Morgan fingerprint density at radius 1 is 0.333 bits per heavy atom. The number of ether oxygens (including phenoxy) is 1. The van der Waals surface area contributed by atoms with E-state index in [1.165, 1.54) is 89.9 Å². The van der Waals surface area contributed by atoms with Gasteiger partial charge >= 0.3 is 55.4 Å². The van der Waals surface area contributed by atoms with E-state index in [9.17, 15) is 115 Å². The molecule has 0 bridgehead atoms. The average Bonchev–Trinajstić information content (AvgIpc) is 0.715. The average molecular weight is 1340 g/mol. The first-order chi connectivity index (χ1) is 41.3. The first kappa shape index (κ1) is 76.4. The smallest absolute Gasteiger partial charge is 0.416 e. The number of carbonyl (C=O) groups is 2. The van der Waals surface area contributed by atoms with Crippen molar-refractivity contribution in [3.63, 3.8) is 0 Å². The number of rotatable bonds is 25. The molecule has 0 aliphatic rings. The zero-order chi connectivity index (χ0) is 68.1. The molecule has 3 nitrogen and oxygen atoms in total. The van der Waals surface area contributed by atoms with Gasteiger partial charge in [0, 0.05) is 5.56 Å². The summed E-state index contributed by atoms with van der Waals surface area (Å²) in [6, 6.07) is -1.94. The summed E-state index contributed by atoms with van der Waals surface area (Å²) in [5.74, 6) is 0.403. The standard InChI is InChI=1S/C32H12BF24.C29H49O3S/c34-25(35,36)13-1-14(26(37,38)39)6-21(5-13)33(22-7-15(27(40,41)42)2-16(8-22)28(43,44)45,23-9-17(29(46,47)48)3-18(10-23)30(49,50)51)24-11-19(31(52,53)54)4-20(12-24)32(55,56)57;1-4-5-6-7-8-9-10-11-12-13-14-15-16-17-18-19-24-32-29(31)27-22-20-26(21-23-27)28(30)25-33(2)3/h1-12H;20-23H,4-19,24-25H2,1-3H3/q-1;+1. The van der Waals surface area contributed by atoms with E-state index < -0.39 is 195 Å². The lowest BCUT2D eigenvalue weighted by atomic mass is 9.12. The van der Waals surface area contributed by atoms with Crippen molar-refractivity contribution in [2.45, 2.75) is 159 Å². The predicted molar refractivity (Wildman–Crippen MR) is 295 cm³/mol. The van der Waals surface area contributed by atoms with Crippen molar-refractivity contribution in [3.8, 4) is 0 Å². The summed E-state index contributed by atoms with van der Waals surface area (Å²) in [4.78, 5) is 24.2. The third kappa shape index (κ3) is 22.4. The molecule has 0 heterocycles. The number of benzene rings is 5.